The number of amides is 2. The summed E-state index contributed by atoms with van der Waals surface area (Å²) in [5, 5.41) is 4.08. The van der Waals surface area contributed by atoms with Gasteiger partial charge >= 0.3 is 0 Å². The van der Waals surface area contributed by atoms with E-state index in [1.165, 1.54) is 0 Å². The topological polar surface area (TPSA) is 78.4 Å². The normalized spacial score (nSPS) is 12.9. The summed E-state index contributed by atoms with van der Waals surface area (Å²) < 4.78 is 0. The van der Waals surface area contributed by atoms with Crippen LogP contribution in [0, 0.1) is 0 Å². The van der Waals surface area contributed by atoms with Crippen LogP contribution in [0.2, 0.25) is 0 Å². The standard InChI is InChI=1S/C26H23N5O2/c1-30(17-20-10-5-9-19-11-6-12-27-24(19)20)26(33)21-13-22-25(28-14-21)29-15-23(32)31(22)16-18-7-3-2-4-8-18/h2-14H,15-17H2,1H3,(H,28,29). The van der Waals surface area contributed by atoms with E-state index in [0.717, 1.165) is 22.0 Å². The predicted octanol–water partition coefficient (Wildman–Crippen LogP) is 3.86. The molecule has 2 aromatic heterocycles. The third-order valence-electron chi connectivity index (χ3n) is 5.77. The molecule has 2 amide bonds. The van der Waals surface area contributed by atoms with Gasteiger partial charge in [-0.3, -0.25) is 14.6 Å². The van der Waals surface area contributed by atoms with Gasteiger partial charge in [0.2, 0.25) is 5.91 Å². The fourth-order valence-electron chi connectivity index (χ4n) is 4.08. The van der Waals surface area contributed by atoms with Gasteiger partial charge in [-0.15, -0.1) is 0 Å². The van der Waals surface area contributed by atoms with Gasteiger partial charge in [-0.05, 0) is 23.3 Å². The van der Waals surface area contributed by atoms with E-state index in [4.69, 9.17) is 0 Å². The number of anilines is 2. The number of carbonyl (C=O) groups is 2. The zero-order valence-corrected chi connectivity index (χ0v) is 18.2. The van der Waals surface area contributed by atoms with Gasteiger partial charge < -0.3 is 15.1 Å². The molecule has 7 nitrogen and oxygen atoms in total. The zero-order valence-electron chi connectivity index (χ0n) is 18.2. The molecule has 3 heterocycles. The summed E-state index contributed by atoms with van der Waals surface area (Å²) in [6.45, 7) is 1.01. The van der Waals surface area contributed by atoms with Gasteiger partial charge in [0.05, 0.1) is 29.9 Å². The summed E-state index contributed by atoms with van der Waals surface area (Å²) in [5.41, 5.74) is 3.90. The number of aromatic nitrogens is 2. The van der Waals surface area contributed by atoms with Gasteiger partial charge in [-0.1, -0.05) is 54.6 Å². The van der Waals surface area contributed by atoms with Crippen molar-refractivity contribution in [2.24, 2.45) is 0 Å². The smallest absolute Gasteiger partial charge is 0.255 e. The monoisotopic (exact) mass is 437 g/mol. The van der Waals surface area contributed by atoms with E-state index in [1.807, 2.05) is 60.7 Å². The Labute approximate surface area is 191 Å². The van der Waals surface area contributed by atoms with E-state index in [0.29, 0.717) is 30.2 Å². The summed E-state index contributed by atoms with van der Waals surface area (Å²) in [5.74, 6) is 0.367. The lowest BCUT2D eigenvalue weighted by Crippen LogP contribution is -2.40. The second-order valence-electron chi connectivity index (χ2n) is 8.06. The average Bonchev–Trinajstić information content (AvgIpc) is 2.86. The molecule has 0 saturated carbocycles. The first-order chi connectivity index (χ1) is 16.1. The van der Waals surface area contributed by atoms with Crippen molar-refractivity contribution < 1.29 is 9.59 Å². The zero-order chi connectivity index (χ0) is 22.8. The van der Waals surface area contributed by atoms with Crippen LogP contribution >= 0.6 is 0 Å². The lowest BCUT2D eigenvalue weighted by molar-refractivity contribution is -0.117. The summed E-state index contributed by atoms with van der Waals surface area (Å²) in [7, 11) is 1.76. The molecule has 33 heavy (non-hydrogen) atoms. The largest absolute Gasteiger partial charge is 0.359 e. The number of pyridine rings is 2. The first kappa shape index (κ1) is 20.6. The molecule has 164 valence electrons. The van der Waals surface area contributed by atoms with Crippen LogP contribution < -0.4 is 10.2 Å². The summed E-state index contributed by atoms with van der Waals surface area (Å²) in [4.78, 5) is 38.2. The molecule has 0 atom stereocenters. The average molecular weight is 438 g/mol. The van der Waals surface area contributed by atoms with E-state index >= 15 is 0 Å². The van der Waals surface area contributed by atoms with Crippen molar-refractivity contribution in [3.05, 3.63) is 95.8 Å². The highest BCUT2D eigenvalue weighted by atomic mass is 16.2. The van der Waals surface area contributed by atoms with E-state index in [-0.39, 0.29) is 18.4 Å². The molecule has 4 aromatic rings. The summed E-state index contributed by atoms with van der Waals surface area (Å²) >= 11 is 0. The van der Waals surface area contributed by atoms with Crippen molar-refractivity contribution >= 4 is 34.2 Å². The van der Waals surface area contributed by atoms with Gasteiger partial charge in [-0.25, -0.2) is 4.98 Å². The Bertz CT molecular complexity index is 1330. The Morgan fingerprint density at radius 3 is 2.73 bits per heavy atom. The van der Waals surface area contributed by atoms with Gasteiger partial charge in [0.25, 0.3) is 5.91 Å². The number of nitrogens with zero attached hydrogens (tertiary/aromatic N) is 4. The maximum atomic E-state index is 13.3. The fourth-order valence-corrected chi connectivity index (χ4v) is 4.08. The van der Waals surface area contributed by atoms with Gasteiger partial charge in [-0.2, -0.15) is 0 Å². The molecule has 2 aromatic carbocycles. The van der Waals surface area contributed by atoms with Crippen molar-refractivity contribution in [1.29, 1.82) is 0 Å². The first-order valence-corrected chi connectivity index (χ1v) is 10.8. The Balaban J connectivity index is 1.41. The number of benzene rings is 2. The molecule has 0 fully saturated rings. The van der Waals surface area contributed by atoms with Crippen LogP contribution in [0.5, 0.6) is 0 Å². The van der Waals surface area contributed by atoms with E-state index in [2.05, 4.69) is 15.3 Å². The van der Waals surface area contributed by atoms with Crippen LogP contribution in [0.3, 0.4) is 0 Å². The number of rotatable bonds is 5. The summed E-state index contributed by atoms with van der Waals surface area (Å²) in [6.07, 6.45) is 3.31. The van der Waals surface area contributed by atoms with Crippen molar-refractivity contribution in [1.82, 2.24) is 14.9 Å². The Kier molecular flexibility index (Phi) is 5.44. The van der Waals surface area contributed by atoms with Gasteiger partial charge in [0.1, 0.15) is 0 Å². The third-order valence-corrected chi connectivity index (χ3v) is 5.77. The fraction of sp³-hybridized carbons (Fsp3) is 0.154. The third kappa shape index (κ3) is 4.13. The summed E-state index contributed by atoms with van der Waals surface area (Å²) in [6, 6.07) is 21.4. The van der Waals surface area contributed by atoms with Crippen molar-refractivity contribution in [2.45, 2.75) is 13.1 Å². The molecule has 0 spiro atoms. The number of hydrogen-bond acceptors (Lipinski definition) is 5. The molecule has 1 N–H and O–H groups in total. The Morgan fingerprint density at radius 2 is 1.88 bits per heavy atom. The highest BCUT2D eigenvalue weighted by molar-refractivity contribution is 6.04. The van der Waals surface area contributed by atoms with Crippen molar-refractivity contribution in [2.75, 3.05) is 23.8 Å². The molecule has 1 aliphatic rings. The van der Waals surface area contributed by atoms with Crippen LogP contribution in [-0.2, 0) is 17.9 Å². The van der Waals surface area contributed by atoms with Crippen LogP contribution in [0.1, 0.15) is 21.5 Å². The van der Waals surface area contributed by atoms with Crippen LogP contribution in [0.4, 0.5) is 11.5 Å². The molecule has 0 saturated heterocycles. The van der Waals surface area contributed by atoms with Gasteiger partial charge in [0, 0.05) is 31.4 Å². The second-order valence-corrected chi connectivity index (χ2v) is 8.06. The Morgan fingerprint density at radius 1 is 1.06 bits per heavy atom. The van der Waals surface area contributed by atoms with E-state index in [1.54, 1.807) is 35.3 Å². The number of fused-ring (bicyclic) bond motifs is 2. The molecule has 0 radical (unpaired) electrons. The molecule has 0 bridgehead atoms. The SMILES string of the molecule is CN(Cc1cccc2cccnc12)C(=O)c1cnc2c(c1)N(Cc1ccccc1)C(=O)CN2. The molecule has 0 aliphatic carbocycles. The lowest BCUT2D eigenvalue weighted by Gasteiger charge is -2.30. The van der Waals surface area contributed by atoms with E-state index < -0.39 is 0 Å². The highest BCUT2D eigenvalue weighted by Gasteiger charge is 2.27. The minimum absolute atomic E-state index is 0.0621. The van der Waals surface area contributed by atoms with E-state index in [9.17, 15) is 9.59 Å². The van der Waals surface area contributed by atoms with Crippen molar-refractivity contribution in [3.8, 4) is 0 Å². The Hall–Kier alpha value is -4.26. The van der Waals surface area contributed by atoms with Crippen LogP contribution in [-0.4, -0.2) is 40.3 Å². The minimum Gasteiger partial charge on any atom is -0.359 e. The minimum atomic E-state index is -0.170. The first-order valence-electron chi connectivity index (χ1n) is 10.8. The van der Waals surface area contributed by atoms with Crippen LogP contribution in [0.15, 0.2) is 79.1 Å². The number of carbonyl (C=O) groups excluding carboxylic acids is 2. The molecular weight excluding hydrogens is 414 g/mol. The van der Waals surface area contributed by atoms with Gasteiger partial charge in [0.15, 0.2) is 5.82 Å². The maximum absolute atomic E-state index is 13.3. The molecule has 0 unspecified atom stereocenters. The number of hydrogen-bond donors (Lipinski definition) is 1. The number of para-hydroxylation sites is 1. The van der Waals surface area contributed by atoms with Crippen molar-refractivity contribution in [3.63, 3.8) is 0 Å². The molecule has 1 aliphatic heterocycles. The second kappa shape index (κ2) is 8.70. The molecular formula is C26H23N5O2. The quantitative estimate of drug-likeness (QED) is 0.513. The van der Waals surface area contributed by atoms with Crippen LogP contribution in [0.25, 0.3) is 10.9 Å². The lowest BCUT2D eigenvalue weighted by atomic mass is 10.1. The maximum Gasteiger partial charge on any atom is 0.255 e. The highest BCUT2D eigenvalue weighted by Crippen LogP contribution is 2.30. The molecule has 7 heteroatoms. The molecule has 5 rings (SSSR count). The predicted molar refractivity (Wildman–Crippen MR) is 128 cm³/mol. The number of nitrogens with one attached hydrogen (secondary N) is 1.